The Morgan fingerprint density at radius 3 is 2.75 bits per heavy atom. The molecule has 0 aliphatic carbocycles. The van der Waals surface area contributed by atoms with Crippen LogP contribution in [0.4, 0.5) is 11.8 Å². The molecule has 2 aromatic rings. The van der Waals surface area contributed by atoms with Crippen molar-refractivity contribution in [3.63, 3.8) is 0 Å². The summed E-state index contributed by atoms with van der Waals surface area (Å²) < 4.78 is 23.0. The van der Waals surface area contributed by atoms with E-state index >= 15 is 0 Å². The van der Waals surface area contributed by atoms with Crippen LogP contribution in [0.1, 0.15) is 6.42 Å². The number of hydrogen-bond donors (Lipinski definition) is 3. The molecule has 1 aliphatic rings. The van der Waals surface area contributed by atoms with Gasteiger partial charge in [-0.25, -0.2) is 19.2 Å². The second-order valence-corrected chi connectivity index (χ2v) is 7.03. The molecule has 1 aromatic heterocycles. The maximum absolute atomic E-state index is 11.5. The highest BCUT2D eigenvalue weighted by Crippen LogP contribution is 2.24. The number of nitrogen functional groups attached to an aromatic ring is 1. The summed E-state index contributed by atoms with van der Waals surface area (Å²) in [7, 11) is -2.93. The highest BCUT2D eigenvalue weighted by molar-refractivity contribution is 7.91. The third-order valence-electron chi connectivity index (χ3n) is 3.31. The van der Waals surface area contributed by atoms with Crippen LogP contribution in [0.5, 0.6) is 0 Å². The molecule has 0 spiro atoms. The summed E-state index contributed by atoms with van der Waals surface area (Å²) in [5.74, 6) is 6.62. The number of para-hydroxylation sites is 1. The number of anilines is 2. The normalized spacial score (nSPS) is 20.9. The minimum atomic E-state index is -2.93. The van der Waals surface area contributed by atoms with Crippen molar-refractivity contribution in [1.82, 2.24) is 9.97 Å². The van der Waals surface area contributed by atoms with Crippen LogP contribution in [0.3, 0.4) is 0 Å². The minimum absolute atomic E-state index is 0.121. The van der Waals surface area contributed by atoms with Gasteiger partial charge in [0, 0.05) is 11.4 Å². The van der Waals surface area contributed by atoms with Crippen molar-refractivity contribution >= 4 is 32.5 Å². The van der Waals surface area contributed by atoms with Gasteiger partial charge in [-0.05, 0) is 18.6 Å². The lowest BCUT2D eigenvalue weighted by molar-refractivity contribution is 0.602. The van der Waals surface area contributed by atoms with Gasteiger partial charge in [0.05, 0.1) is 17.0 Å². The first-order valence-electron chi connectivity index (χ1n) is 6.28. The topological polar surface area (TPSA) is 110 Å². The summed E-state index contributed by atoms with van der Waals surface area (Å²) in [5.41, 5.74) is 3.17. The van der Waals surface area contributed by atoms with Gasteiger partial charge in [0.15, 0.2) is 9.84 Å². The van der Waals surface area contributed by atoms with Gasteiger partial charge in [-0.15, -0.1) is 0 Å². The Morgan fingerprint density at radius 2 is 2.05 bits per heavy atom. The second-order valence-electron chi connectivity index (χ2n) is 4.80. The third-order valence-corrected chi connectivity index (χ3v) is 5.07. The number of hydrogen-bond acceptors (Lipinski definition) is 7. The highest BCUT2D eigenvalue weighted by atomic mass is 32.2. The van der Waals surface area contributed by atoms with Crippen molar-refractivity contribution in [3.05, 3.63) is 24.3 Å². The fourth-order valence-electron chi connectivity index (χ4n) is 2.35. The Morgan fingerprint density at radius 1 is 1.25 bits per heavy atom. The van der Waals surface area contributed by atoms with Crippen molar-refractivity contribution in [2.45, 2.75) is 12.5 Å². The number of rotatable bonds is 3. The third kappa shape index (κ3) is 2.52. The molecule has 20 heavy (non-hydrogen) atoms. The predicted octanol–water partition coefficient (Wildman–Crippen LogP) is 0.514. The average molecular weight is 293 g/mol. The molecule has 0 radical (unpaired) electrons. The van der Waals surface area contributed by atoms with Crippen molar-refractivity contribution in [2.24, 2.45) is 5.84 Å². The quantitative estimate of drug-likeness (QED) is 0.558. The zero-order valence-electron chi connectivity index (χ0n) is 10.7. The molecule has 1 aromatic carbocycles. The van der Waals surface area contributed by atoms with Gasteiger partial charge in [0.25, 0.3) is 0 Å². The van der Waals surface area contributed by atoms with Gasteiger partial charge < -0.3 is 5.32 Å². The fourth-order valence-corrected chi connectivity index (χ4v) is 4.03. The van der Waals surface area contributed by atoms with Crippen LogP contribution in [0.25, 0.3) is 10.9 Å². The summed E-state index contributed by atoms with van der Waals surface area (Å²) in [5, 5.41) is 4.03. The number of benzene rings is 1. The standard InChI is InChI=1S/C12H15N5O2S/c13-17-12-15-10-4-2-1-3-9(10)11(16-12)14-8-5-6-20(18,19)7-8/h1-4,8H,5-7,13H2,(H2,14,15,16,17). The van der Waals surface area contributed by atoms with E-state index in [9.17, 15) is 8.42 Å². The SMILES string of the molecule is NNc1nc(NC2CCS(=O)(=O)C2)c2ccccc2n1. The minimum Gasteiger partial charge on any atom is -0.366 e. The Hall–Kier alpha value is -1.93. The van der Waals surface area contributed by atoms with Gasteiger partial charge in [-0.2, -0.15) is 4.98 Å². The van der Waals surface area contributed by atoms with Crippen LogP contribution in [-0.4, -0.2) is 35.9 Å². The first-order valence-corrected chi connectivity index (χ1v) is 8.10. The predicted molar refractivity (Wildman–Crippen MR) is 78.0 cm³/mol. The summed E-state index contributed by atoms with van der Waals surface area (Å²) >= 11 is 0. The zero-order chi connectivity index (χ0) is 14.2. The molecule has 8 heteroatoms. The van der Waals surface area contributed by atoms with Crippen LogP contribution < -0.4 is 16.6 Å². The number of nitrogens with one attached hydrogen (secondary N) is 2. The molecule has 2 heterocycles. The van der Waals surface area contributed by atoms with E-state index in [-0.39, 0.29) is 17.5 Å². The van der Waals surface area contributed by atoms with Crippen molar-refractivity contribution in [3.8, 4) is 0 Å². The Kier molecular flexibility index (Phi) is 3.19. The summed E-state index contributed by atoms with van der Waals surface area (Å²) in [6.45, 7) is 0. The average Bonchev–Trinajstić information content (AvgIpc) is 2.77. The summed E-state index contributed by atoms with van der Waals surface area (Å²) in [4.78, 5) is 8.53. The van der Waals surface area contributed by atoms with Crippen molar-refractivity contribution in [1.29, 1.82) is 0 Å². The molecule has 1 unspecified atom stereocenters. The second kappa shape index (κ2) is 4.88. The van der Waals surface area contributed by atoms with E-state index in [1.807, 2.05) is 24.3 Å². The number of nitrogens with two attached hydrogens (primary N) is 1. The molecule has 0 saturated carbocycles. The van der Waals surface area contributed by atoms with E-state index in [4.69, 9.17) is 5.84 Å². The van der Waals surface area contributed by atoms with Crippen LogP contribution in [0.15, 0.2) is 24.3 Å². The molecule has 1 atom stereocenters. The van der Waals surface area contributed by atoms with Gasteiger partial charge in [-0.3, -0.25) is 5.43 Å². The maximum Gasteiger partial charge on any atom is 0.239 e. The Bertz CT molecular complexity index is 747. The van der Waals surface area contributed by atoms with Crippen molar-refractivity contribution < 1.29 is 8.42 Å². The molecule has 3 rings (SSSR count). The summed E-state index contributed by atoms with van der Waals surface area (Å²) in [6.07, 6.45) is 0.589. The van der Waals surface area contributed by atoms with E-state index in [1.165, 1.54) is 0 Å². The largest absolute Gasteiger partial charge is 0.366 e. The molecular formula is C12H15N5O2S. The van der Waals surface area contributed by atoms with E-state index < -0.39 is 9.84 Å². The van der Waals surface area contributed by atoms with Gasteiger partial charge in [-0.1, -0.05) is 12.1 Å². The summed E-state index contributed by atoms with van der Waals surface area (Å²) in [6, 6.07) is 7.39. The van der Waals surface area contributed by atoms with E-state index in [1.54, 1.807) is 0 Å². The van der Waals surface area contributed by atoms with Crippen LogP contribution in [0.2, 0.25) is 0 Å². The molecule has 7 nitrogen and oxygen atoms in total. The van der Waals surface area contributed by atoms with Gasteiger partial charge >= 0.3 is 0 Å². The molecule has 4 N–H and O–H groups in total. The number of nitrogens with zero attached hydrogens (tertiary/aromatic N) is 2. The maximum atomic E-state index is 11.5. The first kappa shape index (κ1) is 13.1. The zero-order valence-corrected chi connectivity index (χ0v) is 11.5. The fraction of sp³-hybridized carbons (Fsp3) is 0.333. The molecule has 0 amide bonds. The molecule has 1 aliphatic heterocycles. The van der Waals surface area contributed by atoms with Crippen LogP contribution >= 0.6 is 0 Å². The van der Waals surface area contributed by atoms with E-state index in [0.717, 1.165) is 10.9 Å². The number of aromatic nitrogens is 2. The van der Waals surface area contributed by atoms with Crippen LogP contribution in [-0.2, 0) is 9.84 Å². The van der Waals surface area contributed by atoms with E-state index in [0.29, 0.717) is 18.2 Å². The number of sulfone groups is 1. The monoisotopic (exact) mass is 293 g/mol. The number of hydrazine groups is 1. The number of fused-ring (bicyclic) bond motifs is 1. The molecule has 106 valence electrons. The molecule has 0 bridgehead atoms. The van der Waals surface area contributed by atoms with Gasteiger partial charge in [0.2, 0.25) is 5.95 Å². The van der Waals surface area contributed by atoms with Gasteiger partial charge in [0.1, 0.15) is 5.82 Å². The lowest BCUT2D eigenvalue weighted by Gasteiger charge is -2.14. The van der Waals surface area contributed by atoms with Crippen LogP contribution in [0, 0.1) is 0 Å². The molecule has 1 saturated heterocycles. The first-order chi connectivity index (χ1) is 9.57. The molecular weight excluding hydrogens is 278 g/mol. The van der Waals surface area contributed by atoms with Crippen molar-refractivity contribution in [2.75, 3.05) is 22.2 Å². The highest BCUT2D eigenvalue weighted by Gasteiger charge is 2.28. The lowest BCUT2D eigenvalue weighted by Crippen LogP contribution is -2.22. The Balaban J connectivity index is 1.98. The lowest BCUT2D eigenvalue weighted by atomic mass is 10.2. The molecule has 1 fully saturated rings. The smallest absolute Gasteiger partial charge is 0.239 e. The Labute approximate surface area is 116 Å². The van der Waals surface area contributed by atoms with E-state index in [2.05, 4.69) is 20.7 Å².